The molecule has 1 fully saturated rings. The lowest BCUT2D eigenvalue weighted by Gasteiger charge is -2.12. The van der Waals surface area contributed by atoms with Crippen LogP contribution in [0.1, 0.15) is 25.7 Å². The van der Waals surface area contributed by atoms with E-state index in [-0.39, 0.29) is 5.56 Å². The highest BCUT2D eigenvalue weighted by atomic mass is 79.9. The van der Waals surface area contributed by atoms with Crippen molar-refractivity contribution in [2.45, 2.75) is 38.5 Å². The molecule has 2 rings (SSSR count). The molecule has 1 saturated carbocycles. The van der Waals surface area contributed by atoms with Crippen LogP contribution in [-0.2, 0) is 11.5 Å². The Balaban J connectivity index is 1.98. The van der Waals surface area contributed by atoms with E-state index >= 15 is 0 Å². The third-order valence-corrected chi connectivity index (χ3v) is 3.15. The summed E-state index contributed by atoms with van der Waals surface area (Å²) in [5.74, 6) is 0. The Labute approximate surface area is 96.4 Å². The van der Waals surface area contributed by atoms with Gasteiger partial charge in [0.15, 0.2) is 0 Å². The zero-order valence-corrected chi connectivity index (χ0v) is 9.94. The van der Waals surface area contributed by atoms with Gasteiger partial charge >= 0.3 is 0 Å². The maximum absolute atomic E-state index is 11.6. The molecule has 1 heterocycles. The second-order valence-electron chi connectivity index (χ2n) is 3.72. The molecule has 1 aromatic rings. The highest BCUT2D eigenvalue weighted by Crippen LogP contribution is 2.20. The van der Waals surface area contributed by atoms with Crippen molar-refractivity contribution < 1.29 is 4.74 Å². The summed E-state index contributed by atoms with van der Waals surface area (Å²) in [6.07, 6.45) is 7.99. The van der Waals surface area contributed by atoms with Gasteiger partial charge in [0, 0.05) is 6.20 Å². The van der Waals surface area contributed by atoms with Crippen LogP contribution in [0.5, 0.6) is 0 Å². The smallest absolute Gasteiger partial charge is 0.269 e. The normalized spacial score (nSPS) is 17.1. The van der Waals surface area contributed by atoms with Crippen molar-refractivity contribution in [2.24, 2.45) is 0 Å². The minimum atomic E-state index is -0.0944. The number of halogens is 1. The van der Waals surface area contributed by atoms with Gasteiger partial charge in [-0.05, 0) is 28.8 Å². The van der Waals surface area contributed by atoms with E-state index in [4.69, 9.17) is 4.74 Å². The van der Waals surface area contributed by atoms with Crippen LogP contribution in [0, 0.1) is 0 Å². The molecule has 82 valence electrons. The summed E-state index contributed by atoms with van der Waals surface area (Å²) in [6, 6.07) is 0. The van der Waals surface area contributed by atoms with Crippen molar-refractivity contribution in [1.29, 1.82) is 0 Å². The molecule has 0 atom stereocenters. The van der Waals surface area contributed by atoms with Crippen LogP contribution in [0.3, 0.4) is 0 Å². The van der Waals surface area contributed by atoms with Crippen LogP contribution in [0.15, 0.2) is 21.8 Å². The molecule has 15 heavy (non-hydrogen) atoms. The van der Waals surface area contributed by atoms with Gasteiger partial charge in [-0.15, -0.1) is 0 Å². The van der Waals surface area contributed by atoms with Crippen molar-refractivity contribution in [3.05, 3.63) is 27.4 Å². The molecule has 1 aliphatic rings. The molecule has 5 heteroatoms. The van der Waals surface area contributed by atoms with Crippen molar-refractivity contribution in [2.75, 3.05) is 0 Å². The monoisotopic (exact) mass is 272 g/mol. The largest absolute Gasteiger partial charge is 0.357 e. The number of rotatable bonds is 3. The van der Waals surface area contributed by atoms with E-state index in [9.17, 15) is 4.79 Å². The first-order chi connectivity index (χ1) is 7.27. The van der Waals surface area contributed by atoms with E-state index in [1.165, 1.54) is 29.9 Å². The zero-order valence-electron chi connectivity index (χ0n) is 8.36. The number of hydrogen-bond donors (Lipinski definition) is 0. The predicted octanol–water partition coefficient (Wildman–Crippen LogP) is 1.92. The topological polar surface area (TPSA) is 44.1 Å². The van der Waals surface area contributed by atoms with Crippen LogP contribution in [-0.4, -0.2) is 15.7 Å². The molecular formula is C10H13BrN2O2. The molecule has 1 aliphatic carbocycles. The van der Waals surface area contributed by atoms with Crippen LogP contribution in [0.2, 0.25) is 0 Å². The summed E-state index contributed by atoms with van der Waals surface area (Å²) in [7, 11) is 0. The van der Waals surface area contributed by atoms with Gasteiger partial charge in [-0.25, -0.2) is 4.98 Å². The lowest BCUT2D eigenvalue weighted by molar-refractivity contribution is 0.00916. The first kappa shape index (κ1) is 10.8. The highest BCUT2D eigenvalue weighted by Gasteiger charge is 2.15. The molecule has 0 bridgehead atoms. The van der Waals surface area contributed by atoms with E-state index < -0.39 is 0 Å². The van der Waals surface area contributed by atoms with Gasteiger partial charge in [-0.1, -0.05) is 12.8 Å². The number of nitrogens with zero attached hydrogens (tertiary/aromatic N) is 2. The summed E-state index contributed by atoms with van der Waals surface area (Å²) in [5.41, 5.74) is -0.0944. The molecule has 0 N–H and O–H groups in total. The van der Waals surface area contributed by atoms with Crippen molar-refractivity contribution in [3.8, 4) is 0 Å². The van der Waals surface area contributed by atoms with Gasteiger partial charge in [0.2, 0.25) is 0 Å². The molecule has 0 aromatic carbocycles. The van der Waals surface area contributed by atoms with Gasteiger partial charge < -0.3 is 4.74 Å². The summed E-state index contributed by atoms with van der Waals surface area (Å²) < 4.78 is 7.57. The molecule has 1 aromatic heterocycles. The Kier molecular flexibility index (Phi) is 3.53. The zero-order chi connectivity index (χ0) is 10.7. The Hall–Kier alpha value is -0.680. The van der Waals surface area contributed by atoms with E-state index in [0.717, 1.165) is 12.8 Å². The third-order valence-electron chi connectivity index (χ3n) is 2.61. The molecule has 0 saturated heterocycles. The SMILES string of the molecule is O=c1c(Br)cncn1COC1CCCC1. The summed E-state index contributed by atoms with van der Waals surface area (Å²) in [4.78, 5) is 15.5. The van der Waals surface area contributed by atoms with Gasteiger partial charge in [-0.2, -0.15) is 0 Å². The molecule has 4 nitrogen and oxygen atoms in total. The number of ether oxygens (including phenoxy) is 1. The Morgan fingerprint density at radius 2 is 2.27 bits per heavy atom. The summed E-state index contributed by atoms with van der Waals surface area (Å²) >= 11 is 3.15. The quantitative estimate of drug-likeness (QED) is 0.845. The first-order valence-corrected chi connectivity index (χ1v) is 5.88. The average molecular weight is 273 g/mol. The van der Waals surface area contributed by atoms with Crippen molar-refractivity contribution in [3.63, 3.8) is 0 Å². The summed E-state index contributed by atoms with van der Waals surface area (Å²) in [6.45, 7) is 0.302. The minimum Gasteiger partial charge on any atom is -0.357 e. The second-order valence-corrected chi connectivity index (χ2v) is 4.57. The predicted molar refractivity (Wildman–Crippen MR) is 59.5 cm³/mol. The fraction of sp³-hybridized carbons (Fsp3) is 0.600. The lowest BCUT2D eigenvalue weighted by atomic mass is 10.3. The van der Waals surface area contributed by atoms with Crippen molar-refractivity contribution >= 4 is 15.9 Å². The van der Waals surface area contributed by atoms with Gasteiger partial charge in [0.1, 0.15) is 11.2 Å². The fourth-order valence-corrected chi connectivity index (χ4v) is 2.10. The minimum absolute atomic E-state index is 0.0944. The van der Waals surface area contributed by atoms with Gasteiger partial charge in [-0.3, -0.25) is 9.36 Å². The molecule has 0 radical (unpaired) electrons. The fourth-order valence-electron chi connectivity index (χ4n) is 1.76. The number of aromatic nitrogens is 2. The van der Waals surface area contributed by atoms with E-state index in [2.05, 4.69) is 20.9 Å². The Morgan fingerprint density at radius 1 is 1.53 bits per heavy atom. The summed E-state index contributed by atoms with van der Waals surface area (Å²) in [5, 5.41) is 0. The molecule has 0 unspecified atom stereocenters. The first-order valence-electron chi connectivity index (χ1n) is 5.09. The van der Waals surface area contributed by atoms with Crippen LogP contribution < -0.4 is 5.56 Å². The van der Waals surface area contributed by atoms with E-state index in [0.29, 0.717) is 17.3 Å². The highest BCUT2D eigenvalue weighted by molar-refractivity contribution is 9.10. The standard InChI is InChI=1S/C10H13BrN2O2/c11-9-5-12-6-13(10(9)14)7-15-8-3-1-2-4-8/h5-6,8H,1-4,7H2. The third kappa shape index (κ3) is 2.66. The van der Waals surface area contributed by atoms with Crippen LogP contribution >= 0.6 is 15.9 Å². The van der Waals surface area contributed by atoms with E-state index in [1.807, 2.05) is 0 Å². The Bertz CT molecular complexity index is 385. The van der Waals surface area contributed by atoms with Crippen molar-refractivity contribution in [1.82, 2.24) is 9.55 Å². The average Bonchev–Trinajstić information content (AvgIpc) is 2.73. The van der Waals surface area contributed by atoms with E-state index in [1.54, 1.807) is 0 Å². The number of hydrogen-bond acceptors (Lipinski definition) is 3. The van der Waals surface area contributed by atoms with Gasteiger partial charge in [0.25, 0.3) is 5.56 Å². The molecule has 0 amide bonds. The molecule has 0 spiro atoms. The molecule has 0 aliphatic heterocycles. The lowest BCUT2D eigenvalue weighted by Crippen LogP contribution is -2.24. The maximum Gasteiger partial charge on any atom is 0.269 e. The maximum atomic E-state index is 11.6. The van der Waals surface area contributed by atoms with Crippen LogP contribution in [0.25, 0.3) is 0 Å². The Morgan fingerprint density at radius 3 is 3.00 bits per heavy atom. The molecular weight excluding hydrogens is 260 g/mol. The second kappa shape index (κ2) is 4.90. The van der Waals surface area contributed by atoms with Gasteiger partial charge in [0.05, 0.1) is 12.4 Å². The van der Waals surface area contributed by atoms with Crippen LogP contribution in [0.4, 0.5) is 0 Å².